The van der Waals surface area contributed by atoms with Gasteiger partial charge >= 0.3 is 34.7 Å². The molecule has 0 spiro atoms. The first kappa shape index (κ1) is 30.7. The van der Waals surface area contributed by atoms with Crippen molar-refractivity contribution in [3.63, 3.8) is 0 Å². The maximum atomic E-state index is 9.53. The van der Waals surface area contributed by atoms with E-state index in [9.17, 15) is 15.3 Å². The van der Waals surface area contributed by atoms with Gasteiger partial charge in [0, 0.05) is 0 Å². The van der Waals surface area contributed by atoms with Crippen LogP contribution in [-0.4, -0.2) is 54.5 Å². The van der Waals surface area contributed by atoms with Crippen molar-refractivity contribution >= 4 is 34.7 Å². The van der Waals surface area contributed by atoms with Crippen molar-refractivity contribution < 1.29 is 15.3 Å². The van der Waals surface area contributed by atoms with E-state index in [0.29, 0.717) is 0 Å². The molecule has 0 amide bonds. The van der Waals surface area contributed by atoms with Gasteiger partial charge in [-0.05, 0) is 0 Å². The number of hydrogen-bond acceptors (Lipinski definition) is 3. The molecule has 0 radical (unpaired) electrons. The molecular weight excluding hydrogens is 246 g/mol. The zero-order chi connectivity index (χ0) is 12.4. The molecule has 0 saturated carbocycles. The van der Waals surface area contributed by atoms with Crippen LogP contribution in [-0.2, 0) is 0 Å². The van der Waals surface area contributed by atoms with Gasteiger partial charge in [-0.2, -0.15) is 0 Å². The monoisotopic (exact) mass is 273 g/mol. The van der Waals surface area contributed by atoms with E-state index >= 15 is 0 Å². The molecule has 0 aliphatic heterocycles. The van der Waals surface area contributed by atoms with E-state index in [1.165, 1.54) is 0 Å². The van der Waals surface area contributed by atoms with Gasteiger partial charge in [0.15, 0.2) is 0 Å². The molecule has 0 heterocycles. The van der Waals surface area contributed by atoms with Crippen molar-refractivity contribution in [1.29, 1.82) is 0 Å². The predicted octanol–water partition coefficient (Wildman–Crippen LogP) is -0.321. The summed E-state index contributed by atoms with van der Waals surface area (Å²) < 4.78 is 0. The average molecular weight is 273 g/mol. The maximum Gasteiger partial charge on any atom is 3.00 e. The fraction of sp³-hybridized carbons (Fsp3) is 1.00. The molecule has 0 rings (SSSR count). The van der Waals surface area contributed by atoms with Gasteiger partial charge in [-0.25, -0.2) is 0 Å². The average Bonchev–Trinajstić information content (AvgIpc) is 2.23. The summed E-state index contributed by atoms with van der Waals surface area (Å²) in [6, 6.07) is 0. The maximum absolute atomic E-state index is 9.53. The minimum atomic E-state index is 0. The van der Waals surface area contributed by atoms with E-state index in [0.717, 1.165) is 38.5 Å². The first-order chi connectivity index (χ1) is 7.24. The van der Waals surface area contributed by atoms with Crippen molar-refractivity contribution in [2.24, 2.45) is 0 Å². The molecular formula is C12H27Al2O3+3. The Hall–Kier alpha value is 0.945. The Morgan fingerprint density at radius 1 is 0.529 bits per heavy atom. The second-order valence-electron chi connectivity index (χ2n) is 3.17. The van der Waals surface area contributed by atoms with Gasteiger partial charge in [0.1, 0.15) is 0 Å². The van der Waals surface area contributed by atoms with Crippen LogP contribution in [0.3, 0.4) is 0 Å². The molecule has 0 N–H and O–H groups in total. The molecule has 96 valence electrons. The Morgan fingerprint density at radius 3 is 0.706 bits per heavy atom. The summed E-state index contributed by atoms with van der Waals surface area (Å²) >= 11 is 0. The second kappa shape index (κ2) is 43.6. The number of rotatable bonds is 6. The zero-order valence-corrected chi connectivity index (χ0v) is 14.1. The van der Waals surface area contributed by atoms with Crippen molar-refractivity contribution in [3.05, 3.63) is 0 Å². The summed E-state index contributed by atoms with van der Waals surface area (Å²) in [5, 5.41) is 28.6. The summed E-state index contributed by atoms with van der Waals surface area (Å²) in [6.45, 7) is 6.32. The minimum Gasteiger partial charge on any atom is -0.854 e. The first-order valence-electron chi connectivity index (χ1n) is 5.99. The van der Waals surface area contributed by atoms with Crippen LogP contribution in [0.2, 0.25) is 0 Å². The molecule has 0 aromatic carbocycles. The van der Waals surface area contributed by atoms with E-state index in [4.69, 9.17) is 0 Å². The molecule has 0 saturated heterocycles. The molecule has 0 aromatic rings. The smallest absolute Gasteiger partial charge is 0.854 e. The van der Waals surface area contributed by atoms with Gasteiger partial charge in [0.2, 0.25) is 0 Å². The van der Waals surface area contributed by atoms with E-state index in [1.54, 1.807) is 0 Å². The Labute approximate surface area is 129 Å². The Kier molecular flexibility index (Phi) is 78.8. The summed E-state index contributed by atoms with van der Waals surface area (Å²) in [5.74, 6) is 0. The predicted molar refractivity (Wildman–Crippen MR) is 70.8 cm³/mol. The molecule has 17 heavy (non-hydrogen) atoms. The fourth-order valence-corrected chi connectivity index (χ4v) is 0.433. The van der Waals surface area contributed by atoms with Crippen LogP contribution < -0.4 is 15.3 Å². The number of unbranched alkanes of at least 4 members (excludes halogenated alkanes) is 3. The molecule has 5 heteroatoms. The summed E-state index contributed by atoms with van der Waals surface area (Å²) in [4.78, 5) is 0. The third kappa shape index (κ3) is 78.5. The molecule has 3 nitrogen and oxygen atoms in total. The van der Waals surface area contributed by atoms with Crippen LogP contribution in [0.5, 0.6) is 0 Å². The first-order valence-corrected chi connectivity index (χ1v) is 5.99. The van der Waals surface area contributed by atoms with Gasteiger partial charge in [-0.15, -0.1) is 19.8 Å². The normalized spacial score (nSPS) is 7.41. The van der Waals surface area contributed by atoms with Crippen LogP contribution >= 0.6 is 0 Å². The molecule has 0 aliphatic carbocycles. The third-order valence-corrected chi connectivity index (χ3v) is 1.49. The summed E-state index contributed by atoms with van der Waals surface area (Å²) in [7, 11) is 0. The second-order valence-corrected chi connectivity index (χ2v) is 3.17. The van der Waals surface area contributed by atoms with Crippen LogP contribution in [0.15, 0.2) is 0 Å². The summed E-state index contributed by atoms with van der Waals surface area (Å²) in [6.07, 6.45) is 5.59. The van der Waals surface area contributed by atoms with Crippen molar-refractivity contribution in [1.82, 2.24) is 0 Å². The van der Waals surface area contributed by atoms with E-state index in [1.807, 2.05) is 20.8 Å². The Balaban J connectivity index is -0.0000000400. The van der Waals surface area contributed by atoms with Gasteiger partial charge in [-0.3, -0.25) is 0 Å². The number of hydrogen-bond donors (Lipinski definition) is 0. The Morgan fingerprint density at radius 2 is 0.706 bits per heavy atom. The van der Waals surface area contributed by atoms with Gasteiger partial charge < -0.3 is 15.3 Å². The molecule has 0 aromatic heterocycles. The van der Waals surface area contributed by atoms with Gasteiger partial charge in [0.25, 0.3) is 0 Å². The van der Waals surface area contributed by atoms with E-state index < -0.39 is 0 Å². The fourth-order valence-electron chi connectivity index (χ4n) is 0.433. The van der Waals surface area contributed by atoms with Crippen molar-refractivity contribution in [2.75, 3.05) is 19.8 Å². The third-order valence-electron chi connectivity index (χ3n) is 1.49. The topological polar surface area (TPSA) is 69.2 Å². The van der Waals surface area contributed by atoms with Gasteiger partial charge in [-0.1, -0.05) is 59.3 Å². The quantitative estimate of drug-likeness (QED) is 0.623. The molecule has 0 aliphatic rings. The van der Waals surface area contributed by atoms with E-state index in [-0.39, 0.29) is 54.5 Å². The van der Waals surface area contributed by atoms with Gasteiger partial charge in [0.05, 0.1) is 0 Å². The molecule has 0 unspecified atom stereocenters. The molecule has 0 atom stereocenters. The molecule has 0 fully saturated rings. The van der Waals surface area contributed by atoms with Crippen LogP contribution in [0.4, 0.5) is 0 Å². The van der Waals surface area contributed by atoms with Crippen LogP contribution in [0, 0.1) is 0 Å². The minimum absolute atomic E-state index is 0. The van der Waals surface area contributed by atoms with E-state index in [2.05, 4.69) is 0 Å². The van der Waals surface area contributed by atoms with Crippen LogP contribution in [0.25, 0.3) is 0 Å². The molecule has 0 bridgehead atoms. The SMILES string of the molecule is CCCC[O-].CCCC[O-].CCCC[O-].[Al+3].[Al+3]. The van der Waals surface area contributed by atoms with Crippen LogP contribution in [0.1, 0.15) is 59.3 Å². The largest absolute Gasteiger partial charge is 3.00 e. The zero-order valence-electron chi connectivity index (χ0n) is 11.7. The summed E-state index contributed by atoms with van der Waals surface area (Å²) in [5.41, 5.74) is 0. The standard InChI is InChI=1S/3C4H9O.2Al/c3*1-2-3-4-5;;/h3*2-4H2,1H3;;/q3*-1;2*+3. The van der Waals surface area contributed by atoms with Crippen molar-refractivity contribution in [2.45, 2.75) is 59.3 Å². The Bertz CT molecular complexity index is 56.5. The van der Waals surface area contributed by atoms with Crippen molar-refractivity contribution in [3.8, 4) is 0 Å².